The Balaban J connectivity index is 1.98. The zero-order valence-electron chi connectivity index (χ0n) is 15.7. The number of fused-ring (bicyclic) bond motifs is 2. The molecule has 0 saturated carbocycles. The summed E-state index contributed by atoms with van der Waals surface area (Å²) in [4.78, 5) is 0. The normalized spacial score (nSPS) is 19.4. The van der Waals surface area contributed by atoms with E-state index in [1.54, 1.807) is 37.3 Å². The zero-order valence-corrected chi connectivity index (χ0v) is 17.7. The summed E-state index contributed by atoms with van der Waals surface area (Å²) in [6.07, 6.45) is 3.91. The molecule has 1 aliphatic carbocycles. The van der Waals surface area contributed by atoms with Crippen LogP contribution in [0.5, 0.6) is 0 Å². The Morgan fingerprint density at radius 2 is 1.12 bits per heavy atom. The van der Waals surface area contributed by atoms with Gasteiger partial charge < -0.3 is 0 Å². The third kappa shape index (κ3) is 1.98. The van der Waals surface area contributed by atoms with Crippen LogP contribution in [-0.4, -0.2) is 16.1 Å². The molecule has 3 aromatic rings. The van der Waals surface area contributed by atoms with Crippen LogP contribution in [0.25, 0.3) is 10.8 Å². The van der Waals surface area contributed by atoms with E-state index in [1.165, 1.54) is 24.6 Å². The highest BCUT2D eigenvalue weighted by atomic mass is 28.3. The molecule has 1 aliphatic heterocycles. The maximum atomic E-state index is 2.64. The monoisotopic (exact) mass is 358 g/mol. The van der Waals surface area contributed by atoms with E-state index in [1.807, 2.05) is 0 Å². The second-order valence-corrected chi connectivity index (χ2v) is 17.6. The van der Waals surface area contributed by atoms with Crippen molar-refractivity contribution in [1.82, 2.24) is 0 Å². The van der Waals surface area contributed by atoms with Gasteiger partial charge in [-0.15, -0.1) is 0 Å². The molecule has 0 atom stereocenters. The SMILES string of the molecule is C[Si]1(C)c2cc3c(cc2[Si](C)(C)c2cccc4cccc1c24)CCC3. The Morgan fingerprint density at radius 3 is 1.60 bits per heavy atom. The second-order valence-electron chi connectivity index (χ2n) is 8.98. The molecule has 0 amide bonds. The zero-order chi connectivity index (χ0) is 17.4. The van der Waals surface area contributed by atoms with Gasteiger partial charge >= 0.3 is 0 Å². The lowest BCUT2D eigenvalue weighted by atomic mass is 10.1. The van der Waals surface area contributed by atoms with E-state index in [4.69, 9.17) is 0 Å². The molecule has 2 aliphatic rings. The van der Waals surface area contributed by atoms with Crippen LogP contribution in [0.1, 0.15) is 17.5 Å². The van der Waals surface area contributed by atoms with Gasteiger partial charge in [0.1, 0.15) is 16.1 Å². The standard InChI is InChI=1S/C23H26Si2/c1-24(2)19-12-6-8-16-9-7-13-20(23(16)19)25(3,4)22-15-18-11-5-10-17(18)14-21(22)24/h6-9,12-15H,5,10-11H2,1-4H3. The molecule has 0 spiro atoms. The molecule has 1 heterocycles. The van der Waals surface area contributed by atoms with Crippen molar-refractivity contribution in [2.75, 3.05) is 0 Å². The molecule has 126 valence electrons. The van der Waals surface area contributed by atoms with Gasteiger partial charge in [0.2, 0.25) is 0 Å². The third-order valence-electron chi connectivity index (χ3n) is 6.83. The fraction of sp³-hybridized carbons (Fsp3) is 0.304. The highest BCUT2D eigenvalue weighted by Gasteiger charge is 2.41. The Kier molecular flexibility index (Phi) is 3.09. The summed E-state index contributed by atoms with van der Waals surface area (Å²) in [6.45, 7) is 10.3. The van der Waals surface area contributed by atoms with E-state index in [2.05, 4.69) is 74.7 Å². The molecular formula is C23H26Si2. The van der Waals surface area contributed by atoms with E-state index >= 15 is 0 Å². The molecule has 0 fully saturated rings. The molecule has 2 heteroatoms. The highest BCUT2D eigenvalue weighted by molar-refractivity contribution is 7.12. The maximum Gasteiger partial charge on any atom is 0.112 e. The molecule has 25 heavy (non-hydrogen) atoms. The van der Waals surface area contributed by atoms with Crippen molar-refractivity contribution < 1.29 is 0 Å². The van der Waals surface area contributed by atoms with E-state index < -0.39 is 16.1 Å². The first-order chi connectivity index (χ1) is 11.9. The summed E-state index contributed by atoms with van der Waals surface area (Å²) in [6, 6.07) is 19.3. The molecule has 0 unspecified atom stereocenters. The number of hydrogen-bond donors (Lipinski definition) is 0. The lowest BCUT2D eigenvalue weighted by Crippen LogP contribution is -2.63. The van der Waals surface area contributed by atoms with Crippen LogP contribution >= 0.6 is 0 Å². The van der Waals surface area contributed by atoms with Crippen molar-refractivity contribution in [3.05, 3.63) is 59.7 Å². The van der Waals surface area contributed by atoms with Gasteiger partial charge in [0.05, 0.1) is 0 Å². The topological polar surface area (TPSA) is 0 Å². The van der Waals surface area contributed by atoms with Crippen molar-refractivity contribution in [3.8, 4) is 0 Å². The lowest BCUT2D eigenvalue weighted by Gasteiger charge is -2.30. The number of rotatable bonds is 0. The van der Waals surface area contributed by atoms with E-state index in [0.717, 1.165) is 0 Å². The first kappa shape index (κ1) is 15.6. The van der Waals surface area contributed by atoms with Crippen LogP contribution < -0.4 is 20.7 Å². The number of aryl methyl sites for hydroxylation is 2. The molecule has 3 aromatic carbocycles. The highest BCUT2D eigenvalue weighted by Crippen LogP contribution is 2.26. The van der Waals surface area contributed by atoms with Gasteiger partial charge in [-0.2, -0.15) is 0 Å². The minimum absolute atomic E-state index is 1.28. The summed E-state index contributed by atoms with van der Waals surface area (Å²) in [7, 11) is -3.42. The van der Waals surface area contributed by atoms with Crippen molar-refractivity contribution >= 4 is 47.7 Å². The fourth-order valence-corrected chi connectivity index (χ4v) is 13.3. The predicted molar refractivity (Wildman–Crippen MR) is 116 cm³/mol. The molecule has 5 rings (SSSR count). The average Bonchev–Trinajstić information content (AvgIpc) is 3.05. The van der Waals surface area contributed by atoms with E-state index in [0.29, 0.717) is 0 Å². The summed E-state index contributed by atoms with van der Waals surface area (Å²) < 4.78 is 0. The van der Waals surface area contributed by atoms with Crippen molar-refractivity contribution in [1.29, 1.82) is 0 Å². The van der Waals surface area contributed by atoms with Gasteiger partial charge in [0.15, 0.2) is 0 Å². The Bertz CT molecular complexity index is 950. The van der Waals surface area contributed by atoms with Gasteiger partial charge in [0.25, 0.3) is 0 Å². The van der Waals surface area contributed by atoms with Crippen molar-refractivity contribution in [2.24, 2.45) is 0 Å². The predicted octanol–water partition coefficient (Wildman–Crippen LogP) is 3.29. The summed E-state index contributed by atoms with van der Waals surface area (Å²) in [5.41, 5.74) is 3.28. The van der Waals surface area contributed by atoms with Gasteiger partial charge in [-0.25, -0.2) is 0 Å². The van der Waals surface area contributed by atoms with Crippen LogP contribution in [0, 0.1) is 0 Å². The smallest absolute Gasteiger partial charge is 0.0620 e. The molecule has 0 bridgehead atoms. The fourth-order valence-electron chi connectivity index (χ4n) is 5.33. The summed E-state index contributed by atoms with van der Waals surface area (Å²) in [5.74, 6) is 0. The van der Waals surface area contributed by atoms with Crippen LogP contribution in [-0.2, 0) is 12.8 Å². The van der Waals surface area contributed by atoms with Gasteiger partial charge in [-0.05, 0) is 51.5 Å². The van der Waals surface area contributed by atoms with Crippen LogP contribution in [0.2, 0.25) is 26.2 Å². The Morgan fingerprint density at radius 1 is 0.640 bits per heavy atom. The van der Waals surface area contributed by atoms with Crippen molar-refractivity contribution in [2.45, 2.75) is 45.5 Å². The molecule has 0 radical (unpaired) electrons. The van der Waals surface area contributed by atoms with Crippen molar-refractivity contribution in [3.63, 3.8) is 0 Å². The summed E-state index contributed by atoms with van der Waals surface area (Å²) >= 11 is 0. The molecular weight excluding hydrogens is 332 g/mol. The molecule has 0 nitrogen and oxygen atoms in total. The Labute approximate surface area is 152 Å². The molecule has 0 aromatic heterocycles. The minimum Gasteiger partial charge on any atom is -0.0620 e. The summed E-state index contributed by atoms with van der Waals surface area (Å²) in [5, 5.41) is 9.80. The largest absolute Gasteiger partial charge is 0.112 e. The second kappa shape index (κ2) is 4.96. The maximum absolute atomic E-state index is 2.64. The first-order valence-electron chi connectivity index (χ1n) is 9.60. The lowest BCUT2D eigenvalue weighted by molar-refractivity contribution is 0.912. The van der Waals surface area contributed by atoms with E-state index in [9.17, 15) is 0 Å². The van der Waals surface area contributed by atoms with Crippen LogP contribution in [0.3, 0.4) is 0 Å². The minimum atomic E-state index is -1.71. The van der Waals surface area contributed by atoms with Crippen LogP contribution in [0.4, 0.5) is 0 Å². The van der Waals surface area contributed by atoms with Gasteiger partial charge in [-0.3, -0.25) is 0 Å². The molecule has 0 saturated heterocycles. The average molecular weight is 359 g/mol. The third-order valence-corrected chi connectivity index (χ3v) is 14.1. The van der Waals surface area contributed by atoms with Crippen LogP contribution in [0.15, 0.2) is 48.5 Å². The number of hydrogen-bond acceptors (Lipinski definition) is 0. The number of benzene rings is 3. The van der Waals surface area contributed by atoms with Gasteiger partial charge in [0, 0.05) is 0 Å². The Hall–Kier alpha value is -1.65. The first-order valence-corrected chi connectivity index (χ1v) is 15.6. The van der Waals surface area contributed by atoms with Gasteiger partial charge in [-0.1, -0.05) is 85.1 Å². The van der Waals surface area contributed by atoms with E-state index in [-0.39, 0.29) is 0 Å². The quantitative estimate of drug-likeness (QED) is 0.541. The molecule has 0 N–H and O–H groups in total.